The third kappa shape index (κ3) is 4.37. The maximum Gasteiger partial charge on any atom is 0.225 e. The van der Waals surface area contributed by atoms with Crippen LogP contribution in [0.2, 0.25) is 10.0 Å². The van der Waals surface area contributed by atoms with Crippen molar-refractivity contribution in [2.75, 3.05) is 6.54 Å². The Bertz CT molecular complexity index is 449. The molecule has 0 aliphatic carbocycles. The van der Waals surface area contributed by atoms with Crippen molar-refractivity contribution in [3.05, 3.63) is 33.8 Å². The number of halogens is 2. The van der Waals surface area contributed by atoms with E-state index < -0.39 is 0 Å². The van der Waals surface area contributed by atoms with Crippen molar-refractivity contribution < 1.29 is 4.79 Å². The van der Waals surface area contributed by atoms with Gasteiger partial charge in [-0.15, -0.1) is 0 Å². The molecule has 106 valence electrons. The minimum Gasteiger partial charge on any atom is -0.349 e. The normalized spacial score (nSPS) is 14.3. The first kappa shape index (κ1) is 16.3. The molecule has 0 radical (unpaired) electrons. The van der Waals surface area contributed by atoms with Gasteiger partial charge in [0.25, 0.3) is 0 Å². The molecular formula is C14H20Cl2N2O. The Hall–Kier alpha value is -0.770. The van der Waals surface area contributed by atoms with E-state index in [1.807, 2.05) is 26.8 Å². The summed E-state index contributed by atoms with van der Waals surface area (Å²) in [4.78, 5) is 12.1. The van der Waals surface area contributed by atoms with Crippen LogP contribution in [0.3, 0.4) is 0 Å². The zero-order chi connectivity index (χ0) is 14.6. The number of carbonyl (C=O) groups excluding carboxylic acids is 1. The summed E-state index contributed by atoms with van der Waals surface area (Å²) in [5, 5.41) is 3.95. The SMILES string of the molecule is CC(NC(=O)C(CN)C(C)C)c1ccc(Cl)c(Cl)c1. The van der Waals surface area contributed by atoms with Crippen LogP contribution in [0.25, 0.3) is 0 Å². The van der Waals surface area contributed by atoms with Gasteiger partial charge in [0.2, 0.25) is 5.91 Å². The van der Waals surface area contributed by atoms with Gasteiger partial charge in [-0.3, -0.25) is 4.79 Å². The molecule has 0 saturated carbocycles. The van der Waals surface area contributed by atoms with Crippen molar-refractivity contribution in [1.82, 2.24) is 5.32 Å². The number of rotatable bonds is 5. The van der Waals surface area contributed by atoms with Gasteiger partial charge in [0.15, 0.2) is 0 Å². The standard InChI is InChI=1S/C14H20Cl2N2O/c1-8(2)11(7-17)14(19)18-9(3)10-4-5-12(15)13(16)6-10/h4-6,8-9,11H,7,17H2,1-3H3,(H,18,19). The quantitative estimate of drug-likeness (QED) is 0.876. The van der Waals surface area contributed by atoms with Crippen LogP contribution < -0.4 is 11.1 Å². The van der Waals surface area contributed by atoms with Crippen molar-refractivity contribution in [3.8, 4) is 0 Å². The minimum atomic E-state index is -0.176. The molecular weight excluding hydrogens is 283 g/mol. The highest BCUT2D eigenvalue weighted by Gasteiger charge is 2.22. The number of amides is 1. The Labute approximate surface area is 124 Å². The molecule has 0 bridgehead atoms. The molecule has 0 fully saturated rings. The van der Waals surface area contributed by atoms with Gasteiger partial charge < -0.3 is 11.1 Å². The average molecular weight is 303 g/mol. The predicted octanol–water partition coefficient (Wildman–Crippen LogP) is 3.40. The predicted molar refractivity (Wildman–Crippen MR) is 80.4 cm³/mol. The minimum absolute atomic E-state index is 0.0314. The summed E-state index contributed by atoms with van der Waals surface area (Å²) in [5.41, 5.74) is 6.55. The van der Waals surface area contributed by atoms with Gasteiger partial charge in [0.1, 0.15) is 0 Å². The van der Waals surface area contributed by atoms with Crippen LogP contribution in [0.15, 0.2) is 18.2 Å². The number of nitrogens with two attached hydrogens (primary N) is 1. The first-order chi connectivity index (χ1) is 8.86. The van der Waals surface area contributed by atoms with E-state index >= 15 is 0 Å². The van der Waals surface area contributed by atoms with Crippen LogP contribution in [0.4, 0.5) is 0 Å². The van der Waals surface area contributed by atoms with E-state index in [0.29, 0.717) is 16.6 Å². The number of benzene rings is 1. The lowest BCUT2D eigenvalue weighted by Gasteiger charge is -2.22. The number of hydrogen-bond donors (Lipinski definition) is 2. The topological polar surface area (TPSA) is 55.1 Å². The molecule has 19 heavy (non-hydrogen) atoms. The van der Waals surface area contributed by atoms with E-state index in [9.17, 15) is 4.79 Å². The Morgan fingerprint density at radius 2 is 1.89 bits per heavy atom. The van der Waals surface area contributed by atoms with Gasteiger partial charge in [-0.05, 0) is 30.5 Å². The second-order valence-corrected chi connectivity index (χ2v) is 5.80. The van der Waals surface area contributed by atoms with Crippen LogP contribution in [0, 0.1) is 11.8 Å². The lowest BCUT2D eigenvalue weighted by atomic mass is 9.94. The van der Waals surface area contributed by atoms with E-state index in [1.54, 1.807) is 12.1 Å². The highest BCUT2D eigenvalue weighted by molar-refractivity contribution is 6.42. The van der Waals surface area contributed by atoms with Crippen molar-refractivity contribution >= 4 is 29.1 Å². The van der Waals surface area contributed by atoms with Crippen molar-refractivity contribution in [1.29, 1.82) is 0 Å². The molecule has 0 heterocycles. The van der Waals surface area contributed by atoms with Crippen molar-refractivity contribution in [2.24, 2.45) is 17.6 Å². The molecule has 0 saturated heterocycles. The zero-order valence-electron chi connectivity index (χ0n) is 11.4. The molecule has 0 aliphatic rings. The van der Waals surface area contributed by atoms with Crippen LogP contribution >= 0.6 is 23.2 Å². The second kappa shape index (κ2) is 7.13. The van der Waals surface area contributed by atoms with Gasteiger partial charge in [-0.2, -0.15) is 0 Å². The van der Waals surface area contributed by atoms with Crippen LogP contribution in [0.5, 0.6) is 0 Å². The summed E-state index contributed by atoms with van der Waals surface area (Å²) in [6, 6.07) is 5.22. The van der Waals surface area contributed by atoms with E-state index in [4.69, 9.17) is 28.9 Å². The molecule has 1 amide bonds. The first-order valence-electron chi connectivity index (χ1n) is 6.32. The van der Waals surface area contributed by atoms with E-state index in [-0.39, 0.29) is 23.8 Å². The molecule has 2 atom stereocenters. The van der Waals surface area contributed by atoms with E-state index in [0.717, 1.165) is 5.56 Å². The molecule has 2 unspecified atom stereocenters. The molecule has 3 nitrogen and oxygen atoms in total. The summed E-state index contributed by atoms with van der Waals surface area (Å²) in [5.74, 6) is 0.00676. The first-order valence-corrected chi connectivity index (χ1v) is 7.07. The lowest BCUT2D eigenvalue weighted by molar-refractivity contribution is -0.126. The van der Waals surface area contributed by atoms with Crippen LogP contribution in [-0.4, -0.2) is 12.5 Å². The summed E-state index contributed by atoms with van der Waals surface area (Å²) < 4.78 is 0. The Balaban J connectivity index is 2.76. The van der Waals surface area contributed by atoms with Gasteiger partial charge in [0, 0.05) is 6.54 Å². The zero-order valence-corrected chi connectivity index (χ0v) is 12.9. The van der Waals surface area contributed by atoms with E-state index in [2.05, 4.69) is 5.32 Å². The molecule has 1 aromatic rings. The summed E-state index contributed by atoms with van der Waals surface area (Å²) >= 11 is 11.8. The monoisotopic (exact) mass is 302 g/mol. The summed E-state index contributed by atoms with van der Waals surface area (Å²) in [6.45, 7) is 6.23. The van der Waals surface area contributed by atoms with Crippen molar-refractivity contribution in [3.63, 3.8) is 0 Å². The molecule has 1 rings (SSSR count). The maximum absolute atomic E-state index is 12.1. The second-order valence-electron chi connectivity index (χ2n) is 4.99. The highest BCUT2D eigenvalue weighted by atomic mass is 35.5. The number of carbonyl (C=O) groups is 1. The fraction of sp³-hybridized carbons (Fsp3) is 0.500. The Kier molecular flexibility index (Phi) is 6.11. The number of nitrogens with one attached hydrogen (secondary N) is 1. The largest absolute Gasteiger partial charge is 0.349 e. The summed E-state index contributed by atoms with van der Waals surface area (Å²) in [6.07, 6.45) is 0. The van der Waals surface area contributed by atoms with Crippen LogP contribution in [0.1, 0.15) is 32.4 Å². The maximum atomic E-state index is 12.1. The van der Waals surface area contributed by atoms with E-state index in [1.165, 1.54) is 0 Å². The molecule has 0 spiro atoms. The third-order valence-electron chi connectivity index (χ3n) is 3.20. The molecule has 0 aromatic heterocycles. The fourth-order valence-electron chi connectivity index (χ4n) is 1.87. The molecule has 3 N–H and O–H groups in total. The Morgan fingerprint density at radius 1 is 1.26 bits per heavy atom. The highest BCUT2D eigenvalue weighted by Crippen LogP contribution is 2.25. The van der Waals surface area contributed by atoms with Crippen LogP contribution in [-0.2, 0) is 4.79 Å². The average Bonchev–Trinajstić information content (AvgIpc) is 2.32. The van der Waals surface area contributed by atoms with Gasteiger partial charge >= 0.3 is 0 Å². The van der Waals surface area contributed by atoms with Crippen molar-refractivity contribution in [2.45, 2.75) is 26.8 Å². The fourth-order valence-corrected chi connectivity index (χ4v) is 2.17. The van der Waals surface area contributed by atoms with Gasteiger partial charge in [-0.25, -0.2) is 0 Å². The Morgan fingerprint density at radius 3 is 2.37 bits per heavy atom. The molecule has 1 aromatic carbocycles. The lowest BCUT2D eigenvalue weighted by Crippen LogP contribution is -2.39. The van der Waals surface area contributed by atoms with Gasteiger partial charge in [0.05, 0.1) is 22.0 Å². The smallest absolute Gasteiger partial charge is 0.225 e. The molecule has 0 aliphatic heterocycles. The van der Waals surface area contributed by atoms with Gasteiger partial charge in [-0.1, -0.05) is 43.1 Å². The third-order valence-corrected chi connectivity index (χ3v) is 3.94. The number of hydrogen-bond acceptors (Lipinski definition) is 2. The molecule has 5 heteroatoms. The summed E-state index contributed by atoms with van der Waals surface area (Å²) in [7, 11) is 0.